The summed E-state index contributed by atoms with van der Waals surface area (Å²) in [5.74, 6) is 0.766. The van der Waals surface area contributed by atoms with Crippen LogP contribution in [0.5, 0.6) is 0 Å². The van der Waals surface area contributed by atoms with E-state index in [1.807, 2.05) is 49.6 Å². The third-order valence-electron chi connectivity index (χ3n) is 6.76. The van der Waals surface area contributed by atoms with Gasteiger partial charge in [0.2, 0.25) is 0 Å². The van der Waals surface area contributed by atoms with Gasteiger partial charge in [-0.1, -0.05) is 49.6 Å². The molecule has 2 aromatic carbocycles. The fourth-order valence-corrected chi connectivity index (χ4v) is 6.05. The Bertz CT molecular complexity index is 1360. The van der Waals surface area contributed by atoms with Gasteiger partial charge in [-0.25, -0.2) is 0 Å². The number of thiophene rings is 1. The minimum Gasteiger partial charge on any atom is -0.466 e. The Morgan fingerprint density at radius 3 is 2.70 bits per heavy atom. The molecule has 0 aliphatic heterocycles. The molecule has 166 valence electrons. The second-order valence-corrected chi connectivity index (χ2v) is 9.92. The molecule has 5 heteroatoms. The number of hydrogen-bond acceptors (Lipinski definition) is 5. The highest BCUT2D eigenvalue weighted by Crippen LogP contribution is 2.43. The molecule has 2 heterocycles. The van der Waals surface area contributed by atoms with E-state index >= 15 is 0 Å². The summed E-state index contributed by atoms with van der Waals surface area (Å²) in [6.45, 7) is 2.28. The van der Waals surface area contributed by atoms with E-state index in [-0.39, 0.29) is 11.9 Å². The van der Waals surface area contributed by atoms with Crippen molar-refractivity contribution in [2.24, 2.45) is 5.92 Å². The van der Waals surface area contributed by atoms with Crippen molar-refractivity contribution in [3.05, 3.63) is 65.3 Å². The first kappa shape index (κ1) is 21.6. The second-order valence-electron chi connectivity index (χ2n) is 8.80. The first-order valence-corrected chi connectivity index (χ1v) is 12.4. The topological polar surface area (TPSA) is 63.0 Å². The summed E-state index contributed by atoms with van der Waals surface area (Å²) >= 11 is 1.74. The molecule has 4 nitrogen and oxygen atoms in total. The third-order valence-corrected chi connectivity index (χ3v) is 8.00. The highest BCUT2D eigenvalue weighted by Gasteiger charge is 2.27. The van der Waals surface area contributed by atoms with E-state index in [1.165, 1.54) is 24.1 Å². The number of carbonyl (C=O) groups excluding carboxylic acids is 1. The van der Waals surface area contributed by atoms with Crippen molar-refractivity contribution in [2.75, 3.05) is 6.61 Å². The van der Waals surface area contributed by atoms with Gasteiger partial charge >= 0.3 is 5.97 Å². The average molecular weight is 455 g/mol. The van der Waals surface area contributed by atoms with Crippen LogP contribution in [0.3, 0.4) is 0 Å². The van der Waals surface area contributed by atoms with Gasteiger partial charge in [0.05, 0.1) is 29.4 Å². The molecule has 0 spiro atoms. The van der Waals surface area contributed by atoms with Gasteiger partial charge in [0, 0.05) is 39.5 Å². The predicted octanol–water partition coefficient (Wildman–Crippen LogP) is 7.22. The van der Waals surface area contributed by atoms with Gasteiger partial charge in [0.15, 0.2) is 0 Å². The van der Waals surface area contributed by atoms with Gasteiger partial charge in [0.1, 0.15) is 0 Å². The van der Waals surface area contributed by atoms with Crippen LogP contribution in [0.4, 0.5) is 0 Å². The van der Waals surface area contributed by atoms with Gasteiger partial charge in [-0.05, 0) is 42.3 Å². The molecule has 2 aromatic heterocycles. The van der Waals surface area contributed by atoms with Crippen molar-refractivity contribution in [3.63, 3.8) is 0 Å². The number of benzene rings is 2. The summed E-state index contributed by atoms with van der Waals surface area (Å²) in [6.07, 6.45) is 9.11. The van der Waals surface area contributed by atoms with Crippen LogP contribution in [0.1, 0.15) is 55.4 Å². The Balaban J connectivity index is 1.59. The first-order chi connectivity index (χ1) is 16.2. The molecule has 1 atom stereocenters. The van der Waals surface area contributed by atoms with Gasteiger partial charge in [0.25, 0.3) is 0 Å². The molecule has 33 heavy (non-hydrogen) atoms. The van der Waals surface area contributed by atoms with E-state index in [0.717, 1.165) is 38.4 Å². The lowest BCUT2D eigenvalue weighted by molar-refractivity contribution is -0.143. The third kappa shape index (κ3) is 4.24. The van der Waals surface area contributed by atoms with Crippen LogP contribution < -0.4 is 0 Å². The molecule has 1 aliphatic rings. The SMILES string of the molecule is CCOC(=O)C[C@@H](CC1CCC1)c1cc2c(-c3ccc(C#N)c4ccccc34)cncc2s1. The summed E-state index contributed by atoms with van der Waals surface area (Å²) in [5, 5.41) is 12.7. The van der Waals surface area contributed by atoms with E-state index in [0.29, 0.717) is 24.5 Å². The number of hydrogen-bond donors (Lipinski definition) is 0. The van der Waals surface area contributed by atoms with Crippen LogP contribution in [0.15, 0.2) is 54.9 Å². The summed E-state index contributed by atoms with van der Waals surface area (Å²) in [6, 6.07) is 16.5. The molecule has 1 saturated carbocycles. The summed E-state index contributed by atoms with van der Waals surface area (Å²) in [5.41, 5.74) is 2.82. The first-order valence-electron chi connectivity index (χ1n) is 11.6. The molecular weight excluding hydrogens is 428 g/mol. The average Bonchev–Trinajstić information content (AvgIpc) is 3.24. The number of esters is 1. The lowest BCUT2D eigenvalue weighted by atomic mass is 9.78. The van der Waals surface area contributed by atoms with Crippen molar-refractivity contribution in [1.82, 2.24) is 4.98 Å². The van der Waals surface area contributed by atoms with Crippen molar-refractivity contribution in [2.45, 2.75) is 44.9 Å². The molecule has 1 aliphatic carbocycles. The predicted molar refractivity (Wildman–Crippen MR) is 133 cm³/mol. The molecule has 0 radical (unpaired) electrons. The number of pyridine rings is 1. The Labute approximate surface area is 197 Å². The number of nitriles is 1. The maximum atomic E-state index is 12.4. The molecular formula is C28H26N2O2S. The fraction of sp³-hybridized carbons (Fsp3) is 0.321. The van der Waals surface area contributed by atoms with Crippen LogP contribution in [-0.4, -0.2) is 17.6 Å². The molecule has 0 saturated heterocycles. The zero-order chi connectivity index (χ0) is 22.8. The largest absolute Gasteiger partial charge is 0.466 e. The zero-order valence-electron chi connectivity index (χ0n) is 18.7. The van der Waals surface area contributed by atoms with E-state index in [9.17, 15) is 10.1 Å². The normalized spacial score (nSPS) is 14.7. The molecule has 1 fully saturated rings. The number of aromatic nitrogens is 1. The molecule has 0 amide bonds. The Morgan fingerprint density at radius 2 is 1.97 bits per heavy atom. The number of fused-ring (bicyclic) bond motifs is 2. The molecule has 5 rings (SSSR count). The Morgan fingerprint density at radius 1 is 1.15 bits per heavy atom. The van der Waals surface area contributed by atoms with Crippen molar-refractivity contribution in [3.8, 4) is 17.2 Å². The number of rotatable bonds is 7. The number of carbonyl (C=O) groups is 1. The summed E-state index contributed by atoms with van der Waals surface area (Å²) in [4.78, 5) is 18.1. The number of ether oxygens (including phenoxy) is 1. The monoisotopic (exact) mass is 454 g/mol. The summed E-state index contributed by atoms with van der Waals surface area (Å²) in [7, 11) is 0. The smallest absolute Gasteiger partial charge is 0.306 e. The highest BCUT2D eigenvalue weighted by atomic mass is 32.1. The van der Waals surface area contributed by atoms with E-state index in [4.69, 9.17) is 4.74 Å². The zero-order valence-corrected chi connectivity index (χ0v) is 19.5. The molecule has 0 N–H and O–H groups in total. The van der Waals surface area contributed by atoms with Gasteiger partial charge in [-0.2, -0.15) is 5.26 Å². The van der Waals surface area contributed by atoms with Crippen LogP contribution >= 0.6 is 11.3 Å². The quantitative estimate of drug-likeness (QED) is 0.277. The number of nitrogens with zero attached hydrogens (tertiary/aromatic N) is 2. The fourth-order valence-electron chi connectivity index (χ4n) is 4.88. The van der Waals surface area contributed by atoms with E-state index in [2.05, 4.69) is 23.2 Å². The van der Waals surface area contributed by atoms with Crippen LogP contribution in [-0.2, 0) is 9.53 Å². The maximum Gasteiger partial charge on any atom is 0.306 e. The van der Waals surface area contributed by atoms with Crippen LogP contribution in [0.25, 0.3) is 32.0 Å². The van der Waals surface area contributed by atoms with Gasteiger partial charge in [-0.15, -0.1) is 11.3 Å². The van der Waals surface area contributed by atoms with Crippen LogP contribution in [0.2, 0.25) is 0 Å². The molecule has 4 aromatic rings. The van der Waals surface area contributed by atoms with Crippen molar-refractivity contribution >= 4 is 38.2 Å². The minimum atomic E-state index is -0.115. The van der Waals surface area contributed by atoms with Crippen molar-refractivity contribution in [1.29, 1.82) is 5.26 Å². The lowest BCUT2D eigenvalue weighted by Gasteiger charge is -2.29. The summed E-state index contributed by atoms with van der Waals surface area (Å²) < 4.78 is 6.41. The Hall–Kier alpha value is -3.23. The van der Waals surface area contributed by atoms with Crippen LogP contribution in [0, 0.1) is 17.2 Å². The minimum absolute atomic E-state index is 0.115. The van der Waals surface area contributed by atoms with E-state index < -0.39 is 0 Å². The second kappa shape index (κ2) is 9.33. The van der Waals surface area contributed by atoms with Gasteiger partial charge in [-0.3, -0.25) is 9.78 Å². The Kier molecular flexibility index (Phi) is 6.11. The van der Waals surface area contributed by atoms with Gasteiger partial charge < -0.3 is 4.74 Å². The standard InChI is InChI=1S/C28H26N2O2S/c1-2-32-28(31)13-20(12-18-6-5-7-18)26-14-24-25(16-30-17-27(24)33-26)23-11-10-19(15-29)21-8-3-4-9-22(21)23/h3-4,8-11,14,16-18,20H,2,5-7,12-13H2,1H3/t20-/m1/s1. The highest BCUT2D eigenvalue weighted by molar-refractivity contribution is 7.19. The maximum absolute atomic E-state index is 12.4. The van der Waals surface area contributed by atoms with Crippen molar-refractivity contribution < 1.29 is 9.53 Å². The molecule has 0 bridgehead atoms. The molecule has 0 unspecified atom stereocenters. The lowest BCUT2D eigenvalue weighted by Crippen LogP contribution is -2.17. The van der Waals surface area contributed by atoms with E-state index in [1.54, 1.807) is 11.3 Å².